The zero-order valence-electron chi connectivity index (χ0n) is 23.6. The lowest BCUT2D eigenvalue weighted by molar-refractivity contribution is -0.274. The Labute approximate surface area is 246 Å². The number of hydrogen-bond acceptors (Lipinski definition) is 3. The Bertz CT molecular complexity index is 1300. The zero-order valence-corrected chi connectivity index (χ0v) is 23.6. The Hall–Kier alpha value is -3.24. The van der Waals surface area contributed by atoms with Gasteiger partial charge in [-0.3, -0.25) is 9.59 Å². The fourth-order valence-corrected chi connectivity index (χ4v) is 7.48. The minimum atomic E-state index is -4.70. The van der Waals surface area contributed by atoms with E-state index in [1.54, 1.807) is 12.1 Å². The number of ether oxygens (including phenoxy) is 1. The van der Waals surface area contributed by atoms with Gasteiger partial charge in [-0.15, -0.1) is 13.2 Å². The van der Waals surface area contributed by atoms with Crippen molar-refractivity contribution in [2.75, 3.05) is 0 Å². The third-order valence-corrected chi connectivity index (χ3v) is 9.47. The largest absolute Gasteiger partial charge is 0.573 e. The molecule has 0 aliphatic heterocycles. The summed E-state index contributed by atoms with van der Waals surface area (Å²) < 4.78 is 78.3. The summed E-state index contributed by atoms with van der Waals surface area (Å²) in [4.78, 5) is 24.4. The van der Waals surface area contributed by atoms with E-state index in [2.05, 4.69) is 15.4 Å². The monoisotopic (exact) mass is 610 g/mol. The van der Waals surface area contributed by atoms with Crippen LogP contribution in [-0.2, 0) is 28.9 Å². The molecule has 5 nitrogen and oxygen atoms in total. The first kappa shape index (κ1) is 31.2. The van der Waals surface area contributed by atoms with Gasteiger partial charge in [0.05, 0.1) is 5.56 Å². The van der Waals surface area contributed by atoms with Crippen molar-refractivity contribution < 1.29 is 40.7 Å². The molecule has 4 aliphatic rings. The van der Waals surface area contributed by atoms with E-state index in [1.165, 1.54) is 37.1 Å². The van der Waals surface area contributed by atoms with Crippen molar-refractivity contribution in [1.82, 2.24) is 10.6 Å². The van der Waals surface area contributed by atoms with Crippen LogP contribution in [-0.4, -0.2) is 18.2 Å². The average Bonchev–Trinajstić information content (AvgIpc) is 3.77. The van der Waals surface area contributed by atoms with Crippen LogP contribution >= 0.6 is 0 Å². The van der Waals surface area contributed by atoms with Gasteiger partial charge in [0.15, 0.2) is 0 Å². The molecule has 2 amide bonds. The highest BCUT2D eigenvalue weighted by Crippen LogP contribution is 2.49. The molecular formula is C32H36F6N2O3. The topological polar surface area (TPSA) is 67.4 Å². The van der Waals surface area contributed by atoms with Crippen LogP contribution in [0.15, 0.2) is 48.5 Å². The van der Waals surface area contributed by atoms with Gasteiger partial charge in [-0.05, 0) is 97.6 Å². The zero-order chi connectivity index (χ0) is 30.8. The average molecular weight is 611 g/mol. The molecule has 0 radical (unpaired) electrons. The summed E-state index contributed by atoms with van der Waals surface area (Å²) in [6.45, 7) is 0.387. The Morgan fingerprint density at radius 1 is 0.698 bits per heavy atom. The highest BCUT2D eigenvalue weighted by Gasteiger charge is 2.44. The molecule has 6 rings (SSSR count). The fraction of sp³-hybridized carbons (Fsp3) is 0.562. The van der Waals surface area contributed by atoms with Crippen molar-refractivity contribution in [3.63, 3.8) is 0 Å². The highest BCUT2D eigenvalue weighted by atomic mass is 19.4. The number of hydrogen-bond donors (Lipinski definition) is 2. The van der Waals surface area contributed by atoms with E-state index in [9.17, 15) is 35.9 Å². The summed E-state index contributed by atoms with van der Waals surface area (Å²) in [5.74, 6) is 2.24. The molecule has 0 aromatic heterocycles. The number of nitrogens with one attached hydrogen (secondary N) is 2. The van der Waals surface area contributed by atoms with Crippen LogP contribution < -0.4 is 15.4 Å². The maximum atomic E-state index is 12.6. The van der Waals surface area contributed by atoms with Crippen LogP contribution in [0.4, 0.5) is 26.3 Å². The van der Waals surface area contributed by atoms with E-state index >= 15 is 0 Å². The molecule has 43 heavy (non-hydrogen) atoms. The minimum Gasteiger partial charge on any atom is -0.406 e. The van der Waals surface area contributed by atoms with E-state index in [-0.39, 0.29) is 42.5 Å². The Kier molecular flexibility index (Phi) is 9.27. The lowest BCUT2D eigenvalue weighted by Crippen LogP contribution is -2.33. The van der Waals surface area contributed by atoms with Crippen molar-refractivity contribution in [3.05, 3.63) is 65.2 Å². The van der Waals surface area contributed by atoms with Crippen molar-refractivity contribution >= 4 is 11.8 Å². The van der Waals surface area contributed by atoms with Gasteiger partial charge in [-0.2, -0.15) is 13.2 Å². The number of carbonyl (C=O) groups is 2. The first-order valence-corrected chi connectivity index (χ1v) is 14.9. The third-order valence-electron chi connectivity index (χ3n) is 9.47. The summed E-state index contributed by atoms with van der Waals surface area (Å²) in [5.41, 5.74) is 0.411. The smallest absolute Gasteiger partial charge is 0.406 e. The molecule has 0 unspecified atom stereocenters. The molecule has 2 aromatic carbocycles. The quantitative estimate of drug-likeness (QED) is 0.321. The summed E-state index contributed by atoms with van der Waals surface area (Å²) in [6, 6.07) is 10.8. The summed E-state index contributed by atoms with van der Waals surface area (Å²) in [5, 5.41) is 5.64. The normalized spacial score (nSPS) is 27.4. The third kappa shape index (κ3) is 8.23. The van der Waals surface area contributed by atoms with Crippen LogP contribution in [0.2, 0.25) is 0 Å². The Balaban J connectivity index is 0.000000171. The van der Waals surface area contributed by atoms with E-state index in [4.69, 9.17) is 0 Å². The maximum Gasteiger partial charge on any atom is 0.573 e. The van der Waals surface area contributed by atoms with Crippen LogP contribution in [0.25, 0.3) is 0 Å². The lowest BCUT2D eigenvalue weighted by atomic mass is 9.88. The van der Waals surface area contributed by atoms with Crippen LogP contribution in [0.5, 0.6) is 5.75 Å². The molecule has 6 atom stereocenters. The molecule has 11 heteroatoms. The molecule has 4 aliphatic carbocycles. The second-order valence-corrected chi connectivity index (χ2v) is 12.4. The van der Waals surface area contributed by atoms with Gasteiger partial charge in [0.25, 0.3) is 0 Å². The van der Waals surface area contributed by atoms with Gasteiger partial charge in [-0.1, -0.05) is 37.1 Å². The van der Waals surface area contributed by atoms with Crippen LogP contribution in [0.1, 0.15) is 68.1 Å². The first-order valence-electron chi connectivity index (χ1n) is 14.9. The molecule has 4 fully saturated rings. The molecule has 234 valence electrons. The van der Waals surface area contributed by atoms with E-state index in [0.717, 1.165) is 50.7 Å². The molecule has 0 spiro atoms. The number of benzene rings is 2. The number of halogens is 6. The number of rotatable bonds is 7. The van der Waals surface area contributed by atoms with Crippen molar-refractivity contribution in [1.29, 1.82) is 0 Å². The second kappa shape index (κ2) is 12.8. The van der Waals surface area contributed by atoms with E-state index in [1.807, 2.05) is 0 Å². The SMILES string of the molecule is O=C(NCc1cccc(C(F)(F)F)c1)[C@@H]1C[C@H]2CC[C@@H]1C2.O=C(NCc1cccc(OC(F)(F)F)c1)[C@@H]1C[C@H]2CC[C@@H]1C2. The van der Waals surface area contributed by atoms with E-state index in [0.29, 0.717) is 34.8 Å². The number of carbonyl (C=O) groups excluding carboxylic acids is 2. The summed E-state index contributed by atoms with van der Waals surface area (Å²) in [6.07, 6.45) is -0.172. The van der Waals surface area contributed by atoms with Crippen LogP contribution in [0.3, 0.4) is 0 Å². The van der Waals surface area contributed by atoms with Gasteiger partial charge in [0.1, 0.15) is 5.75 Å². The first-order chi connectivity index (χ1) is 20.3. The molecule has 2 N–H and O–H groups in total. The van der Waals surface area contributed by atoms with Crippen LogP contribution in [0, 0.1) is 35.5 Å². The summed E-state index contributed by atoms with van der Waals surface area (Å²) >= 11 is 0. The number of fused-ring (bicyclic) bond motifs is 4. The van der Waals surface area contributed by atoms with Gasteiger partial charge >= 0.3 is 12.5 Å². The van der Waals surface area contributed by atoms with Crippen molar-refractivity contribution in [2.24, 2.45) is 35.5 Å². The van der Waals surface area contributed by atoms with Gasteiger partial charge in [-0.25, -0.2) is 0 Å². The highest BCUT2D eigenvalue weighted by molar-refractivity contribution is 5.80. The number of amides is 2. The fourth-order valence-electron chi connectivity index (χ4n) is 7.48. The second-order valence-electron chi connectivity index (χ2n) is 12.4. The molecule has 0 saturated heterocycles. The molecule has 2 aromatic rings. The maximum absolute atomic E-state index is 12.6. The summed E-state index contributed by atoms with van der Waals surface area (Å²) in [7, 11) is 0. The molecule has 4 bridgehead atoms. The van der Waals surface area contributed by atoms with E-state index < -0.39 is 18.1 Å². The Morgan fingerprint density at radius 3 is 1.65 bits per heavy atom. The molecule has 0 heterocycles. The van der Waals surface area contributed by atoms with Crippen molar-refractivity contribution in [2.45, 2.75) is 77.0 Å². The predicted molar refractivity (Wildman–Crippen MR) is 146 cm³/mol. The minimum absolute atomic E-state index is 0.000360. The van der Waals surface area contributed by atoms with Gasteiger partial charge in [0, 0.05) is 24.9 Å². The Morgan fingerprint density at radius 2 is 1.21 bits per heavy atom. The van der Waals surface area contributed by atoms with Crippen molar-refractivity contribution in [3.8, 4) is 5.75 Å². The molecule has 4 saturated carbocycles. The molecular weight excluding hydrogens is 574 g/mol. The lowest BCUT2D eigenvalue weighted by Gasteiger charge is -2.20. The van der Waals surface area contributed by atoms with Gasteiger partial charge < -0.3 is 15.4 Å². The van der Waals surface area contributed by atoms with Gasteiger partial charge in [0.2, 0.25) is 11.8 Å². The number of alkyl halides is 6. The predicted octanol–water partition coefficient (Wildman–Crippen LogP) is 7.40. The standard InChI is InChI=1S/C16H18F3NO2.C16H18F3NO/c17-16(18,19)22-13-3-1-2-11(7-13)9-20-15(21)14-8-10-4-5-12(14)6-10;17-16(18,19)13-3-1-2-11(7-13)9-20-15(21)14-8-10-4-5-12(14)6-10/h1-3,7,10,12,14H,4-6,8-9H2,(H,20,21);1-3,7,10,12,14H,4-6,8-9H2,(H,20,21)/t2*10-,12+,14+/m00/s1.